The molecule has 0 spiro atoms. The van der Waals surface area contributed by atoms with Crippen LogP contribution in [-0.2, 0) is 20.2 Å². The van der Waals surface area contributed by atoms with Gasteiger partial charge in [0.05, 0.1) is 13.0 Å². The summed E-state index contributed by atoms with van der Waals surface area (Å²) >= 11 is 0. The van der Waals surface area contributed by atoms with Gasteiger partial charge in [0.2, 0.25) is 0 Å². The molecule has 0 radical (unpaired) electrons. The minimum absolute atomic E-state index is 0.0520. The number of ether oxygens (including phenoxy) is 2. The van der Waals surface area contributed by atoms with E-state index in [-0.39, 0.29) is 18.0 Å². The lowest BCUT2D eigenvalue weighted by molar-refractivity contribution is -0.146. The first kappa shape index (κ1) is 26.3. The molecule has 1 N–H and O–H groups in total. The fraction of sp³-hybridized carbons (Fsp3) is 0.462. The van der Waals surface area contributed by atoms with Crippen LogP contribution >= 0.6 is 0 Å². The van der Waals surface area contributed by atoms with E-state index in [1.165, 1.54) is 19.2 Å². The van der Waals surface area contributed by atoms with Crippen molar-refractivity contribution in [2.24, 2.45) is 17.8 Å². The molecule has 0 aliphatic rings. The van der Waals surface area contributed by atoms with Crippen molar-refractivity contribution in [1.82, 2.24) is 5.32 Å². The van der Waals surface area contributed by atoms with E-state index >= 15 is 8.78 Å². The van der Waals surface area contributed by atoms with Gasteiger partial charge in [0.15, 0.2) is 6.10 Å². The quantitative estimate of drug-likeness (QED) is 0.439. The standard InChI is InChI=1S/C26H33F2NO4/c1-17(2)14-21(24(30)32-5)16-29-25(31)33-23(18(3)4)26(27,28)22-13-9-12-20(15-22)19-10-7-6-8-11-19/h6-13,15,17-18,21,23H,14,16H2,1-5H3,(H,29,31)/t21-,23?/m1/s1. The predicted molar refractivity (Wildman–Crippen MR) is 124 cm³/mol. The van der Waals surface area contributed by atoms with Gasteiger partial charge in [-0.1, -0.05) is 76.2 Å². The number of methoxy groups -OCH3 is 1. The molecule has 1 amide bonds. The van der Waals surface area contributed by atoms with Crippen LogP contribution in [0.5, 0.6) is 0 Å². The van der Waals surface area contributed by atoms with Gasteiger partial charge in [0, 0.05) is 12.1 Å². The van der Waals surface area contributed by atoms with Crippen molar-refractivity contribution in [1.29, 1.82) is 0 Å². The molecular formula is C26H33F2NO4. The molecule has 0 saturated heterocycles. The average Bonchev–Trinajstić information content (AvgIpc) is 2.79. The Labute approximate surface area is 194 Å². The van der Waals surface area contributed by atoms with E-state index in [0.29, 0.717) is 12.0 Å². The van der Waals surface area contributed by atoms with E-state index in [2.05, 4.69) is 5.32 Å². The molecule has 180 valence electrons. The van der Waals surface area contributed by atoms with Gasteiger partial charge in [0.1, 0.15) is 0 Å². The van der Waals surface area contributed by atoms with Crippen LogP contribution in [0, 0.1) is 17.8 Å². The Morgan fingerprint density at radius 3 is 2.18 bits per heavy atom. The Kier molecular flexibility index (Phi) is 9.38. The zero-order valence-electron chi connectivity index (χ0n) is 19.8. The third-order valence-corrected chi connectivity index (χ3v) is 5.33. The lowest BCUT2D eigenvalue weighted by Crippen LogP contribution is -2.43. The summed E-state index contributed by atoms with van der Waals surface area (Å²) in [4.78, 5) is 24.4. The number of carbonyl (C=O) groups is 2. The molecule has 1 unspecified atom stereocenters. The number of esters is 1. The molecule has 0 aromatic heterocycles. The molecule has 5 nitrogen and oxygen atoms in total. The monoisotopic (exact) mass is 461 g/mol. The summed E-state index contributed by atoms with van der Waals surface area (Å²) in [5.41, 5.74) is 1.23. The summed E-state index contributed by atoms with van der Waals surface area (Å²) in [7, 11) is 1.27. The largest absolute Gasteiger partial charge is 0.469 e. The van der Waals surface area contributed by atoms with Crippen molar-refractivity contribution in [2.45, 2.75) is 46.1 Å². The van der Waals surface area contributed by atoms with Gasteiger partial charge in [-0.25, -0.2) is 4.79 Å². The maximum absolute atomic E-state index is 15.5. The number of rotatable bonds is 10. The Morgan fingerprint density at radius 1 is 0.970 bits per heavy atom. The van der Waals surface area contributed by atoms with Crippen LogP contribution in [0.25, 0.3) is 11.1 Å². The molecular weight excluding hydrogens is 428 g/mol. The first-order chi connectivity index (χ1) is 15.6. The van der Waals surface area contributed by atoms with Crippen molar-refractivity contribution in [3.05, 3.63) is 60.2 Å². The van der Waals surface area contributed by atoms with E-state index in [4.69, 9.17) is 9.47 Å². The summed E-state index contributed by atoms with van der Waals surface area (Å²) in [6, 6.07) is 15.3. The van der Waals surface area contributed by atoms with E-state index in [9.17, 15) is 9.59 Å². The third kappa shape index (κ3) is 7.27. The molecule has 2 rings (SSSR count). The van der Waals surface area contributed by atoms with E-state index in [0.717, 1.165) is 5.56 Å². The van der Waals surface area contributed by atoms with Gasteiger partial charge in [-0.2, -0.15) is 8.78 Å². The predicted octanol–water partition coefficient (Wildman–Crippen LogP) is 6.03. The van der Waals surface area contributed by atoms with E-state index < -0.39 is 35.9 Å². The number of carbonyl (C=O) groups excluding carboxylic acids is 2. The molecule has 2 aromatic rings. The zero-order chi connectivity index (χ0) is 24.6. The van der Waals surface area contributed by atoms with Gasteiger partial charge in [-0.05, 0) is 35.4 Å². The number of hydrogen-bond acceptors (Lipinski definition) is 4. The van der Waals surface area contributed by atoms with Crippen molar-refractivity contribution in [3.8, 4) is 11.1 Å². The molecule has 0 bridgehead atoms. The smallest absolute Gasteiger partial charge is 0.407 e. The second kappa shape index (κ2) is 11.8. The van der Waals surface area contributed by atoms with Crippen molar-refractivity contribution < 1.29 is 27.8 Å². The van der Waals surface area contributed by atoms with Crippen LogP contribution in [0.15, 0.2) is 54.6 Å². The van der Waals surface area contributed by atoms with Crippen molar-refractivity contribution >= 4 is 12.1 Å². The fourth-order valence-electron chi connectivity index (χ4n) is 3.69. The van der Waals surface area contributed by atoms with Gasteiger partial charge < -0.3 is 14.8 Å². The summed E-state index contributed by atoms with van der Waals surface area (Å²) in [5, 5.41) is 2.45. The van der Waals surface area contributed by atoms with Crippen molar-refractivity contribution in [3.63, 3.8) is 0 Å². The molecule has 0 aliphatic heterocycles. The second-order valence-electron chi connectivity index (χ2n) is 8.87. The van der Waals surface area contributed by atoms with Crippen LogP contribution < -0.4 is 5.32 Å². The minimum Gasteiger partial charge on any atom is -0.469 e. The molecule has 2 aromatic carbocycles. The lowest BCUT2D eigenvalue weighted by atomic mass is 9.92. The van der Waals surface area contributed by atoms with Crippen LogP contribution in [-0.4, -0.2) is 31.8 Å². The topological polar surface area (TPSA) is 64.6 Å². The average molecular weight is 462 g/mol. The Morgan fingerprint density at radius 2 is 1.61 bits per heavy atom. The number of alkyl carbamates (subject to hydrolysis) is 1. The highest BCUT2D eigenvalue weighted by molar-refractivity contribution is 5.74. The molecule has 2 atom stereocenters. The first-order valence-corrected chi connectivity index (χ1v) is 11.1. The summed E-state index contributed by atoms with van der Waals surface area (Å²) in [6.45, 7) is 6.97. The number of benzene rings is 2. The molecule has 0 saturated carbocycles. The Bertz CT molecular complexity index is 916. The number of alkyl halides is 2. The zero-order valence-corrected chi connectivity index (χ0v) is 19.8. The minimum atomic E-state index is -3.42. The summed E-state index contributed by atoms with van der Waals surface area (Å²) in [6.07, 6.45) is -2.20. The summed E-state index contributed by atoms with van der Waals surface area (Å²) < 4.78 is 41.0. The third-order valence-electron chi connectivity index (χ3n) is 5.33. The summed E-state index contributed by atoms with van der Waals surface area (Å²) in [5.74, 6) is -4.93. The van der Waals surface area contributed by atoms with Gasteiger partial charge >= 0.3 is 18.0 Å². The van der Waals surface area contributed by atoms with Gasteiger partial charge in [0.25, 0.3) is 0 Å². The highest BCUT2D eigenvalue weighted by Crippen LogP contribution is 2.38. The molecule has 0 heterocycles. The molecule has 33 heavy (non-hydrogen) atoms. The number of hydrogen-bond donors (Lipinski definition) is 1. The maximum atomic E-state index is 15.5. The van der Waals surface area contributed by atoms with Crippen LogP contribution in [0.1, 0.15) is 39.7 Å². The van der Waals surface area contributed by atoms with Gasteiger partial charge in [-0.15, -0.1) is 0 Å². The Hall–Kier alpha value is -2.96. The lowest BCUT2D eigenvalue weighted by Gasteiger charge is -2.30. The van der Waals surface area contributed by atoms with Crippen LogP contribution in [0.4, 0.5) is 13.6 Å². The molecule has 0 fully saturated rings. The highest BCUT2D eigenvalue weighted by Gasteiger charge is 2.46. The van der Waals surface area contributed by atoms with Gasteiger partial charge in [-0.3, -0.25) is 4.79 Å². The van der Waals surface area contributed by atoms with Crippen LogP contribution in [0.3, 0.4) is 0 Å². The van der Waals surface area contributed by atoms with E-state index in [1.54, 1.807) is 26.0 Å². The number of nitrogens with one attached hydrogen (secondary N) is 1. The first-order valence-electron chi connectivity index (χ1n) is 11.1. The SMILES string of the molecule is COC(=O)[C@@H](CNC(=O)OC(C(C)C)C(F)(F)c1cccc(-c2ccccc2)c1)CC(C)C. The number of halogens is 2. The highest BCUT2D eigenvalue weighted by atomic mass is 19.3. The molecule has 0 aliphatic carbocycles. The van der Waals surface area contributed by atoms with E-state index in [1.807, 2.05) is 44.2 Å². The maximum Gasteiger partial charge on any atom is 0.407 e. The van der Waals surface area contributed by atoms with Crippen molar-refractivity contribution in [2.75, 3.05) is 13.7 Å². The Balaban J connectivity index is 2.16. The normalized spacial score (nSPS) is 13.5. The van der Waals surface area contributed by atoms with Crippen LogP contribution in [0.2, 0.25) is 0 Å². The molecule has 7 heteroatoms. The fourth-order valence-corrected chi connectivity index (χ4v) is 3.69. The second-order valence-corrected chi connectivity index (χ2v) is 8.87. The number of amides is 1.